The van der Waals surface area contributed by atoms with Crippen LogP contribution in [0.15, 0.2) is 0 Å². The second kappa shape index (κ2) is 2.40. The number of Topliss-reactive ketones (excluding diaryl/α,β-unsaturated/α-hetero) is 1. The summed E-state index contributed by atoms with van der Waals surface area (Å²) in [6.07, 6.45) is 0. The smallest absolute Gasteiger partial charge is 0.267 e. The van der Waals surface area contributed by atoms with Gasteiger partial charge in [-0.3, -0.25) is 14.9 Å². The minimum Gasteiger partial charge on any atom is -0.292 e. The third kappa shape index (κ3) is 1.68. The normalized spacial score (nSPS) is 12.8. The summed E-state index contributed by atoms with van der Waals surface area (Å²) in [7, 11) is 0. The summed E-state index contributed by atoms with van der Waals surface area (Å²) in [4.78, 5) is 19.3. The highest BCUT2D eigenvalue weighted by molar-refractivity contribution is 5.79. The number of ketones is 1. The van der Waals surface area contributed by atoms with E-state index in [9.17, 15) is 14.9 Å². The van der Waals surface area contributed by atoms with Crippen LogP contribution in [0.5, 0.6) is 0 Å². The second-order valence-corrected chi connectivity index (χ2v) is 1.57. The third-order valence-corrected chi connectivity index (χ3v) is 0.905. The minimum absolute atomic E-state index is 0.407. The van der Waals surface area contributed by atoms with Gasteiger partial charge in [0.25, 0.3) is 6.04 Å². The number of carbonyl (C=O) groups is 1. The Balaban J connectivity index is 3.83. The van der Waals surface area contributed by atoms with E-state index in [0.717, 1.165) is 0 Å². The molecule has 4 heteroatoms. The van der Waals surface area contributed by atoms with Crippen molar-refractivity contribution in [1.82, 2.24) is 0 Å². The molecule has 0 aliphatic heterocycles. The molecule has 0 aromatic heterocycles. The van der Waals surface area contributed by atoms with Gasteiger partial charge in [0, 0.05) is 18.8 Å². The summed E-state index contributed by atoms with van der Waals surface area (Å²) >= 11 is 0. The zero-order valence-corrected chi connectivity index (χ0v) is 4.75. The predicted octanol–water partition coefficient (Wildman–Crippen LogP) is 0.241. The maximum absolute atomic E-state index is 10.1. The number of hydrogen-bond donors (Lipinski definition) is 0. The highest BCUT2D eigenvalue weighted by atomic mass is 16.6. The van der Waals surface area contributed by atoms with Crippen LogP contribution in [0, 0.1) is 10.1 Å². The molecular formula is C4H7NO3. The van der Waals surface area contributed by atoms with E-state index in [2.05, 4.69) is 0 Å². The van der Waals surface area contributed by atoms with E-state index >= 15 is 0 Å². The Kier molecular flexibility index (Phi) is 2.12. The molecule has 4 nitrogen and oxygen atoms in total. The van der Waals surface area contributed by atoms with Crippen LogP contribution in [-0.4, -0.2) is 16.7 Å². The molecule has 0 heterocycles. The second-order valence-electron chi connectivity index (χ2n) is 1.57. The lowest BCUT2D eigenvalue weighted by molar-refractivity contribution is -0.502. The first-order valence-corrected chi connectivity index (χ1v) is 2.19. The first-order valence-electron chi connectivity index (χ1n) is 2.19. The van der Waals surface area contributed by atoms with E-state index in [4.69, 9.17) is 0 Å². The standard InChI is InChI=1S/C4H7NO3/c1-3(4(2)6)5(7)8/h3H,1-2H3. The van der Waals surface area contributed by atoms with E-state index in [1.807, 2.05) is 0 Å². The van der Waals surface area contributed by atoms with Crippen molar-refractivity contribution in [1.29, 1.82) is 0 Å². The largest absolute Gasteiger partial charge is 0.292 e. The van der Waals surface area contributed by atoms with Crippen LogP contribution >= 0.6 is 0 Å². The SMILES string of the molecule is CC(=O)C(C)[N+](=O)[O-]. The van der Waals surface area contributed by atoms with Crippen molar-refractivity contribution in [2.45, 2.75) is 19.9 Å². The van der Waals surface area contributed by atoms with Gasteiger partial charge in [0.1, 0.15) is 0 Å². The lowest BCUT2D eigenvalue weighted by atomic mass is 10.3. The number of carbonyl (C=O) groups excluding carboxylic acids is 1. The Morgan fingerprint density at radius 2 is 2.12 bits per heavy atom. The molecule has 0 N–H and O–H groups in total. The van der Waals surface area contributed by atoms with Crippen molar-refractivity contribution < 1.29 is 9.72 Å². The molecule has 46 valence electrons. The Morgan fingerprint density at radius 3 is 2.12 bits per heavy atom. The number of nitrogens with zero attached hydrogens (tertiary/aromatic N) is 1. The van der Waals surface area contributed by atoms with Gasteiger partial charge in [0.05, 0.1) is 0 Å². The molecule has 0 saturated heterocycles. The van der Waals surface area contributed by atoms with E-state index in [1.54, 1.807) is 0 Å². The maximum atomic E-state index is 10.1. The molecule has 0 aliphatic carbocycles. The monoisotopic (exact) mass is 117 g/mol. The number of hydrogen-bond acceptors (Lipinski definition) is 3. The molecular weight excluding hydrogens is 110 g/mol. The fourth-order valence-electron chi connectivity index (χ4n) is 0.148. The average Bonchev–Trinajstić information content (AvgIpc) is 1.64. The van der Waals surface area contributed by atoms with Gasteiger partial charge in [-0.25, -0.2) is 0 Å². The van der Waals surface area contributed by atoms with Gasteiger partial charge in [0.15, 0.2) is 0 Å². The van der Waals surface area contributed by atoms with Gasteiger partial charge >= 0.3 is 0 Å². The molecule has 0 aromatic rings. The third-order valence-electron chi connectivity index (χ3n) is 0.905. The van der Waals surface area contributed by atoms with E-state index in [1.165, 1.54) is 13.8 Å². The van der Waals surface area contributed by atoms with Crippen LogP contribution in [0.1, 0.15) is 13.8 Å². The van der Waals surface area contributed by atoms with Gasteiger partial charge < -0.3 is 0 Å². The summed E-state index contributed by atoms with van der Waals surface area (Å²) in [6, 6.07) is -1.05. The van der Waals surface area contributed by atoms with Gasteiger partial charge in [-0.15, -0.1) is 0 Å². The van der Waals surface area contributed by atoms with Gasteiger partial charge in [-0.1, -0.05) is 0 Å². The highest BCUT2D eigenvalue weighted by Gasteiger charge is 2.17. The zero-order chi connectivity index (χ0) is 6.73. The van der Waals surface area contributed by atoms with Crippen molar-refractivity contribution in [3.8, 4) is 0 Å². The molecule has 0 aliphatic rings. The van der Waals surface area contributed by atoms with Crippen molar-refractivity contribution in [3.05, 3.63) is 10.1 Å². The molecule has 0 amide bonds. The summed E-state index contributed by atoms with van der Waals surface area (Å²) < 4.78 is 0. The van der Waals surface area contributed by atoms with E-state index in [0.29, 0.717) is 0 Å². The van der Waals surface area contributed by atoms with E-state index < -0.39 is 16.7 Å². The van der Waals surface area contributed by atoms with Crippen LogP contribution in [0.3, 0.4) is 0 Å². The fourth-order valence-corrected chi connectivity index (χ4v) is 0.148. The van der Waals surface area contributed by atoms with Crippen molar-refractivity contribution in [3.63, 3.8) is 0 Å². The van der Waals surface area contributed by atoms with Crippen molar-refractivity contribution >= 4 is 5.78 Å². The quantitative estimate of drug-likeness (QED) is 0.384. The lowest BCUT2D eigenvalue weighted by Gasteiger charge is -1.94. The summed E-state index contributed by atoms with van der Waals surface area (Å²) in [5, 5.41) is 9.73. The molecule has 1 unspecified atom stereocenters. The molecule has 0 saturated carbocycles. The Hall–Kier alpha value is -0.930. The first-order chi connectivity index (χ1) is 3.55. The summed E-state index contributed by atoms with van der Waals surface area (Å²) in [6.45, 7) is 2.47. The topological polar surface area (TPSA) is 60.2 Å². The maximum Gasteiger partial charge on any atom is 0.267 e. The molecule has 1 atom stereocenters. The van der Waals surface area contributed by atoms with Gasteiger partial charge in [-0.2, -0.15) is 0 Å². The molecule has 0 aromatic carbocycles. The van der Waals surface area contributed by atoms with Crippen LogP contribution in [0.4, 0.5) is 0 Å². The van der Waals surface area contributed by atoms with Crippen LogP contribution in [0.25, 0.3) is 0 Å². The summed E-state index contributed by atoms with van der Waals surface area (Å²) in [5.41, 5.74) is 0. The highest BCUT2D eigenvalue weighted by Crippen LogP contribution is 1.87. The zero-order valence-electron chi connectivity index (χ0n) is 4.75. The molecule has 0 rings (SSSR count). The van der Waals surface area contributed by atoms with Crippen LogP contribution in [0.2, 0.25) is 0 Å². The molecule has 0 fully saturated rings. The van der Waals surface area contributed by atoms with Crippen LogP contribution < -0.4 is 0 Å². The lowest BCUT2D eigenvalue weighted by Crippen LogP contribution is -2.22. The number of rotatable bonds is 2. The Bertz CT molecular complexity index is 106. The first kappa shape index (κ1) is 7.07. The predicted molar refractivity (Wildman–Crippen MR) is 27.1 cm³/mol. The Labute approximate surface area is 46.6 Å². The average molecular weight is 117 g/mol. The fraction of sp³-hybridized carbons (Fsp3) is 0.750. The minimum atomic E-state index is -1.05. The van der Waals surface area contributed by atoms with Crippen molar-refractivity contribution in [2.24, 2.45) is 0 Å². The number of nitro groups is 1. The molecule has 0 radical (unpaired) electrons. The van der Waals surface area contributed by atoms with Gasteiger partial charge in [0.2, 0.25) is 5.78 Å². The van der Waals surface area contributed by atoms with Crippen LogP contribution in [-0.2, 0) is 4.79 Å². The molecule has 8 heavy (non-hydrogen) atoms. The van der Waals surface area contributed by atoms with Gasteiger partial charge in [-0.05, 0) is 0 Å². The Morgan fingerprint density at radius 1 is 1.75 bits per heavy atom. The van der Waals surface area contributed by atoms with Crippen molar-refractivity contribution in [2.75, 3.05) is 0 Å². The molecule has 0 bridgehead atoms. The van der Waals surface area contributed by atoms with E-state index in [-0.39, 0.29) is 0 Å². The molecule has 0 spiro atoms. The summed E-state index contributed by atoms with van der Waals surface area (Å²) in [5.74, 6) is -0.407.